The zero-order valence-electron chi connectivity index (χ0n) is 15.4. The van der Waals surface area contributed by atoms with Gasteiger partial charge in [-0.2, -0.15) is 5.10 Å². The highest BCUT2D eigenvalue weighted by molar-refractivity contribution is 7.20. The molecule has 1 aliphatic rings. The van der Waals surface area contributed by atoms with Crippen molar-refractivity contribution in [1.29, 1.82) is 0 Å². The number of hydrogen-bond acceptors (Lipinski definition) is 3. The number of carbonyl (C=O) groups excluding carboxylic acids is 1. The summed E-state index contributed by atoms with van der Waals surface area (Å²) in [6, 6.07) is 12.8. The largest absolute Gasteiger partial charge is 0.335 e. The molecule has 1 amide bonds. The average Bonchev–Trinajstić information content (AvgIpc) is 3.37. The Kier molecular flexibility index (Phi) is 4.81. The normalized spacial score (nSPS) is 15.0. The molecule has 0 radical (unpaired) electrons. The molecule has 0 spiro atoms. The summed E-state index contributed by atoms with van der Waals surface area (Å²) in [4.78, 5) is 17.1. The smallest absolute Gasteiger partial charge is 0.264 e. The molecular formula is C21H25N3OS. The van der Waals surface area contributed by atoms with Crippen LogP contribution in [0.5, 0.6) is 0 Å². The van der Waals surface area contributed by atoms with E-state index in [2.05, 4.69) is 24.0 Å². The van der Waals surface area contributed by atoms with E-state index in [1.165, 1.54) is 18.4 Å². The Morgan fingerprint density at radius 3 is 2.69 bits per heavy atom. The third-order valence-corrected chi connectivity index (χ3v) is 6.50. The highest BCUT2D eigenvalue weighted by atomic mass is 32.1. The van der Waals surface area contributed by atoms with E-state index < -0.39 is 0 Å². The molecule has 0 atom stereocenters. The Morgan fingerprint density at radius 2 is 2.00 bits per heavy atom. The Balaban J connectivity index is 1.64. The minimum absolute atomic E-state index is 0.186. The number of hydrogen-bond donors (Lipinski definition) is 0. The molecule has 4 nitrogen and oxygen atoms in total. The molecule has 26 heavy (non-hydrogen) atoms. The van der Waals surface area contributed by atoms with Crippen molar-refractivity contribution in [3.05, 3.63) is 52.5 Å². The molecule has 0 unspecified atom stereocenters. The van der Waals surface area contributed by atoms with Crippen LogP contribution in [0.1, 0.15) is 53.5 Å². The number of aryl methyl sites for hydroxylation is 1. The van der Waals surface area contributed by atoms with E-state index in [1.54, 1.807) is 11.3 Å². The van der Waals surface area contributed by atoms with Crippen LogP contribution in [0.4, 0.5) is 0 Å². The number of thiophene rings is 1. The van der Waals surface area contributed by atoms with Crippen molar-refractivity contribution >= 4 is 27.5 Å². The van der Waals surface area contributed by atoms with Crippen LogP contribution in [0.25, 0.3) is 10.2 Å². The lowest BCUT2D eigenvalue weighted by Crippen LogP contribution is -2.38. The SMILES string of the molecule is CCN(C(=O)c1cc2c(C)nn(Cc3ccccc3)c2s1)C1CCCC1. The van der Waals surface area contributed by atoms with Gasteiger partial charge in [-0.3, -0.25) is 9.48 Å². The first-order valence-electron chi connectivity index (χ1n) is 9.49. The minimum atomic E-state index is 0.186. The van der Waals surface area contributed by atoms with E-state index in [0.29, 0.717) is 6.04 Å². The zero-order chi connectivity index (χ0) is 18.1. The van der Waals surface area contributed by atoms with Crippen LogP contribution < -0.4 is 0 Å². The molecule has 0 N–H and O–H groups in total. The second kappa shape index (κ2) is 7.23. The van der Waals surface area contributed by atoms with Crippen molar-refractivity contribution < 1.29 is 4.79 Å². The Hall–Kier alpha value is -2.14. The number of aromatic nitrogens is 2. The molecule has 1 aliphatic carbocycles. The first-order chi connectivity index (χ1) is 12.7. The van der Waals surface area contributed by atoms with Gasteiger partial charge in [0.25, 0.3) is 5.91 Å². The van der Waals surface area contributed by atoms with Gasteiger partial charge in [-0.15, -0.1) is 11.3 Å². The number of carbonyl (C=O) groups is 1. The molecule has 1 saturated carbocycles. The highest BCUT2D eigenvalue weighted by Crippen LogP contribution is 2.31. The predicted octanol–water partition coefficient (Wildman–Crippen LogP) is 4.86. The molecule has 1 fully saturated rings. The van der Waals surface area contributed by atoms with Crippen molar-refractivity contribution in [2.45, 2.75) is 52.1 Å². The third-order valence-electron chi connectivity index (χ3n) is 5.36. The van der Waals surface area contributed by atoms with Crippen LogP contribution in [-0.2, 0) is 6.54 Å². The lowest BCUT2D eigenvalue weighted by molar-refractivity contribution is 0.0698. The average molecular weight is 368 g/mol. The summed E-state index contributed by atoms with van der Waals surface area (Å²) < 4.78 is 2.04. The van der Waals surface area contributed by atoms with Gasteiger partial charge in [0.05, 0.1) is 17.1 Å². The quantitative estimate of drug-likeness (QED) is 0.646. The zero-order valence-corrected chi connectivity index (χ0v) is 16.3. The summed E-state index contributed by atoms with van der Waals surface area (Å²) in [5.41, 5.74) is 2.22. The van der Waals surface area contributed by atoms with Gasteiger partial charge in [0.2, 0.25) is 0 Å². The number of amides is 1. The highest BCUT2D eigenvalue weighted by Gasteiger charge is 2.28. The summed E-state index contributed by atoms with van der Waals surface area (Å²) in [7, 11) is 0. The Bertz CT molecular complexity index is 906. The van der Waals surface area contributed by atoms with Gasteiger partial charge in [-0.1, -0.05) is 43.2 Å². The molecule has 1 aromatic carbocycles. The molecule has 136 valence electrons. The summed E-state index contributed by atoms with van der Waals surface area (Å²) >= 11 is 1.58. The van der Waals surface area contributed by atoms with Gasteiger partial charge in [-0.05, 0) is 38.3 Å². The maximum absolute atomic E-state index is 13.1. The number of nitrogens with zero attached hydrogens (tertiary/aromatic N) is 3. The number of benzene rings is 1. The first-order valence-corrected chi connectivity index (χ1v) is 10.3. The monoisotopic (exact) mass is 367 g/mol. The van der Waals surface area contributed by atoms with E-state index in [9.17, 15) is 4.79 Å². The molecule has 0 saturated heterocycles. The van der Waals surface area contributed by atoms with Gasteiger partial charge in [-0.25, -0.2) is 0 Å². The topological polar surface area (TPSA) is 38.1 Å². The van der Waals surface area contributed by atoms with Gasteiger partial charge >= 0.3 is 0 Å². The van der Waals surface area contributed by atoms with Gasteiger partial charge in [0.15, 0.2) is 0 Å². The number of fused-ring (bicyclic) bond motifs is 1. The van der Waals surface area contributed by atoms with Crippen molar-refractivity contribution in [2.24, 2.45) is 0 Å². The van der Waals surface area contributed by atoms with Crippen LogP contribution in [-0.4, -0.2) is 33.2 Å². The van der Waals surface area contributed by atoms with E-state index in [0.717, 1.165) is 46.7 Å². The van der Waals surface area contributed by atoms with Gasteiger partial charge < -0.3 is 4.90 Å². The maximum Gasteiger partial charge on any atom is 0.264 e. The van der Waals surface area contributed by atoms with Crippen LogP contribution in [0.3, 0.4) is 0 Å². The summed E-state index contributed by atoms with van der Waals surface area (Å²) in [5.74, 6) is 0.186. The lowest BCUT2D eigenvalue weighted by atomic mass is 10.2. The van der Waals surface area contributed by atoms with Crippen molar-refractivity contribution in [3.8, 4) is 0 Å². The summed E-state index contributed by atoms with van der Waals surface area (Å²) in [6.45, 7) is 5.64. The molecular weight excluding hydrogens is 342 g/mol. The fourth-order valence-electron chi connectivity index (χ4n) is 4.01. The standard InChI is InChI=1S/C21H25N3OS/c1-3-23(17-11-7-8-12-17)20(25)19-13-18-15(2)22-24(21(18)26-19)14-16-9-5-4-6-10-16/h4-6,9-10,13,17H,3,7-8,11-12,14H2,1-2H3. The second-order valence-corrected chi connectivity index (χ2v) is 8.12. The molecule has 2 heterocycles. The van der Waals surface area contributed by atoms with E-state index in [-0.39, 0.29) is 5.91 Å². The molecule has 0 aliphatic heterocycles. The fraction of sp³-hybridized carbons (Fsp3) is 0.429. The van der Waals surface area contributed by atoms with E-state index in [4.69, 9.17) is 5.10 Å². The van der Waals surface area contributed by atoms with Crippen molar-refractivity contribution in [3.63, 3.8) is 0 Å². The Labute approximate surface area is 158 Å². The second-order valence-electron chi connectivity index (χ2n) is 7.09. The molecule has 3 aromatic rings. The third kappa shape index (κ3) is 3.16. The van der Waals surface area contributed by atoms with E-state index >= 15 is 0 Å². The fourth-order valence-corrected chi connectivity index (χ4v) is 5.12. The summed E-state index contributed by atoms with van der Waals surface area (Å²) in [5, 5.41) is 5.80. The predicted molar refractivity (Wildman–Crippen MR) is 107 cm³/mol. The number of rotatable bonds is 5. The van der Waals surface area contributed by atoms with Crippen LogP contribution in [0.15, 0.2) is 36.4 Å². The molecule has 0 bridgehead atoms. The lowest BCUT2D eigenvalue weighted by Gasteiger charge is -2.27. The molecule has 5 heteroatoms. The first kappa shape index (κ1) is 17.3. The Morgan fingerprint density at radius 1 is 1.27 bits per heavy atom. The van der Waals surface area contributed by atoms with Crippen LogP contribution in [0, 0.1) is 6.92 Å². The minimum Gasteiger partial charge on any atom is -0.335 e. The van der Waals surface area contributed by atoms with Crippen LogP contribution >= 0.6 is 11.3 Å². The van der Waals surface area contributed by atoms with Gasteiger partial charge in [0.1, 0.15) is 4.83 Å². The van der Waals surface area contributed by atoms with Crippen molar-refractivity contribution in [2.75, 3.05) is 6.54 Å². The van der Waals surface area contributed by atoms with Crippen molar-refractivity contribution in [1.82, 2.24) is 14.7 Å². The molecule has 4 rings (SSSR count). The van der Waals surface area contributed by atoms with Crippen LogP contribution in [0.2, 0.25) is 0 Å². The molecule has 2 aromatic heterocycles. The maximum atomic E-state index is 13.1. The van der Waals surface area contributed by atoms with E-state index in [1.807, 2.05) is 35.9 Å². The van der Waals surface area contributed by atoms with Gasteiger partial charge in [0, 0.05) is 18.0 Å². The summed E-state index contributed by atoms with van der Waals surface area (Å²) in [6.07, 6.45) is 4.77.